The molecule has 1 N–H and O–H groups in total. The van der Waals surface area contributed by atoms with E-state index < -0.39 is 17.8 Å². The summed E-state index contributed by atoms with van der Waals surface area (Å²) >= 11 is 0. The lowest BCUT2D eigenvalue weighted by molar-refractivity contribution is -0.143. The number of amides is 1. The first-order chi connectivity index (χ1) is 7.68. The first-order valence-corrected chi connectivity index (χ1v) is 4.62. The highest BCUT2D eigenvalue weighted by atomic mass is 16.4. The Morgan fingerprint density at radius 2 is 2.19 bits per heavy atom. The van der Waals surface area contributed by atoms with Crippen LogP contribution in [-0.4, -0.2) is 28.2 Å². The van der Waals surface area contributed by atoms with Gasteiger partial charge in [0.1, 0.15) is 0 Å². The van der Waals surface area contributed by atoms with E-state index in [4.69, 9.17) is 5.11 Å². The number of aromatic nitrogens is 1. The van der Waals surface area contributed by atoms with Crippen LogP contribution in [0, 0.1) is 5.92 Å². The van der Waals surface area contributed by atoms with Gasteiger partial charge < -0.3 is 5.11 Å². The van der Waals surface area contributed by atoms with E-state index >= 15 is 0 Å². The molecule has 0 saturated carbocycles. The number of hydrogen-bond acceptors (Lipinski definition) is 3. The molecule has 1 unspecified atom stereocenters. The summed E-state index contributed by atoms with van der Waals surface area (Å²) < 4.78 is 0. The number of aliphatic imine (C=N–C) groups is 1. The minimum absolute atomic E-state index is 0.549. The van der Waals surface area contributed by atoms with Crippen molar-refractivity contribution >= 4 is 23.7 Å². The summed E-state index contributed by atoms with van der Waals surface area (Å²) in [5.41, 5.74) is 1.15. The number of carboxylic acids is 1. The van der Waals surface area contributed by atoms with Gasteiger partial charge in [-0.05, 0) is 18.2 Å². The summed E-state index contributed by atoms with van der Waals surface area (Å²) in [6.07, 6.45) is 4.29. The highest BCUT2D eigenvalue weighted by Gasteiger charge is 2.26. The summed E-state index contributed by atoms with van der Waals surface area (Å²) in [5.74, 6) is -3.07. The Labute approximate surface area is 91.2 Å². The second kappa shape index (κ2) is 4.06. The van der Waals surface area contributed by atoms with Crippen molar-refractivity contribution in [2.24, 2.45) is 10.9 Å². The van der Waals surface area contributed by atoms with Gasteiger partial charge in [-0.25, -0.2) is 4.99 Å². The summed E-state index contributed by atoms with van der Waals surface area (Å²) in [5, 5.41) is 8.81. The molecule has 0 saturated heterocycles. The second-order valence-electron chi connectivity index (χ2n) is 3.25. The van der Waals surface area contributed by atoms with Gasteiger partial charge >= 0.3 is 5.97 Å². The van der Waals surface area contributed by atoms with Crippen molar-refractivity contribution in [3.8, 4) is 0 Å². The molecule has 1 aromatic heterocycles. The number of aliphatic carboxylic acids is 1. The molecule has 5 heteroatoms. The van der Waals surface area contributed by atoms with Crippen LogP contribution in [0.3, 0.4) is 0 Å². The van der Waals surface area contributed by atoms with Gasteiger partial charge in [0.2, 0.25) is 0 Å². The number of pyridine rings is 1. The van der Waals surface area contributed by atoms with E-state index in [-0.39, 0.29) is 0 Å². The molecule has 0 bridgehead atoms. The van der Waals surface area contributed by atoms with E-state index in [1.807, 2.05) is 0 Å². The lowest BCUT2D eigenvalue weighted by Gasteiger charge is -2.10. The number of allylic oxidation sites excluding steroid dienone is 1. The van der Waals surface area contributed by atoms with Gasteiger partial charge in [0, 0.05) is 18.0 Å². The predicted octanol–water partition coefficient (Wildman–Crippen LogP) is 0.777. The zero-order chi connectivity index (χ0) is 11.5. The van der Waals surface area contributed by atoms with Gasteiger partial charge in [-0.2, -0.15) is 0 Å². The number of carboxylic acid groups (broad SMARTS) is 1. The third-order valence-electron chi connectivity index (χ3n) is 2.17. The molecule has 0 spiro atoms. The Bertz CT molecular complexity index is 491. The van der Waals surface area contributed by atoms with Crippen LogP contribution >= 0.6 is 0 Å². The molecule has 5 nitrogen and oxygen atoms in total. The maximum absolute atomic E-state index is 11.2. The molecule has 1 aromatic rings. The molecule has 1 aliphatic heterocycles. The van der Waals surface area contributed by atoms with Gasteiger partial charge in [-0.1, -0.05) is 6.07 Å². The van der Waals surface area contributed by atoms with Gasteiger partial charge in [0.15, 0.2) is 5.92 Å². The van der Waals surface area contributed by atoms with Crippen LogP contribution in [0.2, 0.25) is 0 Å². The van der Waals surface area contributed by atoms with Gasteiger partial charge in [-0.15, -0.1) is 0 Å². The molecule has 16 heavy (non-hydrogen) atoms. The number of rotatable bonds is 2. The topological polar surface area (TPSA) is 79.6 Å². The number of carbonyl (C=O) groups is 2. The predicted molar refractivity (Wildman–Crippen MR) is 56.8 cm³/mol. The third kappa shape index (κ3) is 1.88. The van der Waals surface area contributed by atoms with E-state index in [9.17, 15) is 9.59 Å². The van der Waals surface area contributed by atoms with Crippen molar-refractivity contribution in [3.05, 3.63) is 36.2 Å². The number of carbonyl (C=O) groups excluding carboxylic acids is 1. The quantitative estimate of drug-likeness (QED) is 0.740. The molecule has 2 heterocycles. The highest BCUT2D eigenvalue weighted by molar-refractivity contribution is 6.19. The van der Waals surface area contributed by atoms with Crippen LogP contribution in [0.25, 0.3) is 5.57 Å². The summed E-state index contributed by atoms with van der Waals surface area (Å²) in [7, 11) is 0. The van der Waals surface area contributed by atoms with E-state index in [0.717, 1.165) is 0 Å². The molecule has 1 amide bonds. The lowest BCUT2D eigenvalue weighted by Crippen LogP contribution is -2.23. The van der Waals surface area contributed by atoms with Gasteiger partial charge in [0.25, 0.3) is 5.91 Å². The van der Waals surface area contributed by atoms with E-state index in [1.165, 1.54) is 12.3 Å². The van der Waals surface area contributed by atoms with Crippen molar-refractivity contribution in [1.82, 2.24) is 4.98 Å². The fourth-order valence-electron chi connectivity index (χ4n) is 1.37. The largest absolute Gasteiger partial charge is 0.480 e. The van der Waals surface area contributed by atoms with Crippen LogP contribution in [0.1, 0.15) is 5.69 Å². The Balaban J connectivity index is 2.37. The molecule has 2 rings (SSSR count). The maximum Gasteiger partial charge on any atom is 0.320 e. The van der Waals surface area contributed by atoms with Crippen LogP contribution < -0.4 is 0 Å². The Morgan fingerprint density at radius 3 is 2.81 bits per heavy atom. The van der Waals surface area contributed by atoms with Crippen LogP contribution in [-0.2, 0) is 9.59 Å². The summed E-state index contributed by atoms with van der Waals surface area (Å²) in [6.45, 7) is 0. The third-order valence-corrected chi connectivity index (χ3v) is 2.17. The van der Waals surface area contributed by atoms with Crippen molar-refractivity contribution in [1.29, 1.82) is 0 Å². The summed E-state index contributed by atoms with van der Waals surface area (Å²) in [4.78, 5) is 29.5. The normalized spacial score (nSPS) is 19.4. The average Bonchev–Trinajstić information content (AvgIpc) is 2.30. The van der Waals surface area contributed by atoms with Crippen molar-refractivity contribution in [3.63, 3.8) is 0 Å². The number of nitrogens with zero attached hydrogens (tertiary/aromatic N) is 2. The minimum Gasteiger partial charge on any atom is -0.480 e. The zero-order valence-electron chi connectivity index (χ0n) is 8.20. The Morgan fingerprint density at radius 1 is 1.38 bits per heavy atom. The van der Waals surface area contributed by atoms with Crippen LogP contribution in [0.5, 0.6) is 0 Å². The first-order valence-electron chi connectivity index (χ1n) is 4.62. The standard InChI is InChI=1S/C11H8N2O3/c14-10-8(11(15)16)5-7(6-13-10)9-3-1-2-4-12-9/h1-6,8H,(H,15,16). The SMILES string of the molecule is O=C(O)C1C=C(c2ccccn2)C=NC1=O. The molecule has 1 atom stereocenters. The molecule has 0 fully saturated rings. The van der Waals surface area contributed by atoms with Crippen molar-refractivity contribution in [2.45, 2.75) is 0 Å². The monoisotopic (exact) mass is 216 g/mol. The molecular weight excluding hydrogens is 208 g/mol. The molecule has 0 aromatic carbocycles. The highest BCUT2D eigenvalue weighted by Crippen LogP contribution is 2.18. The zero-order valence-corrected chi connectivity index (χ0v) is 8.20. The summed E-state index contributed by atoms with van der Waals surface area (Å²) in [6, 6.07) is 5.26. The fraction of sp³-hybridized carbons (Fsp3) is 0.0909. The van der Waals surface area contributed by atoms with Crippen LogP contribution in [0.15, 0.2) is 35.5 Å². The molecular formula is C11H8N2O3. The smallest absolute Gasteiger partial charge is 0.320 e. The van der Waals surface area contributed by atoms with E-state index in [1.54, 1.807) is 24.4 Å². The van der Waals surface area contributed by atoms with E-state index in [2.05, 4.69) is 9.98 Å². The number of hydrogen-bond donors (Lipinski definition) is 1. The number of dihydropyridines is 1. The van der Waals surface area contributed by atoms with E-state index in [0.29, 0.717) is 11.3 Å². The van der Waals surface area contributed by atoms with Gasteiger partial charge in [-0.3, -0.25) is 14.6 Å². The maximum atomic E-state index is 11.2. The molecule has 80 valence electrons. The Hall–Kier alpha value is -2.30. The van der Waals surface area contributed by atoms with Crippen LogP contribution in [0.4, 0.5) is 0 Å². The molecule has 0 radical (unpaired) electrons. The second-order valence-corrected chi connectivity index (χ2v) is 3.25. The Kier molecular flexibility index (Phi) is 2.59. The molecule has 1 aliphatic rings. The average molecular weight is 216 g/mol. The fourth-order valence-corrected chi connectivity index (χ4v) is 1.37. The minimum atomic E-state index is -1.21. The van der Waals surface area contributed by atoms with Crippen molar-refractivity contribution < 1.29 is 14.7 Å². The van der Waals surface area contributed by atoms with Gasteiger partial charge in [0.05, 0.1) is 5.69 Å². The first kappa shape index (κ1) is 10.2. The lowest BCUT2D eigenvalue weighted by atomic mass is 10.0. The molecule has 0 aliphatic carbocycles. The van der Waals surface area contributed by atoms with Crippen molar-refractivity contribution in [2.75, 3.05) is 0 Å².